The van der Waals surface area contributed by atoms with Crippen LogP contribution in [-0.2, 0) is 9.59 Å². The molecule has 1 aliphatic heterocycles. The van der Waals surface area contributed by atoms with E-state index >= 15 is 0 Å². The van der Waals surface area contributed by atoms with Crippen molar-refractivity contribution in [3.05, 3.63) is 35.0 Å². The maximum absolute atomic E-state index is 13.3. The van der Waals surface area contributed by atoms with E-state index in [4.69, 9.17) is 14.5 Å². The third-order valence-electron chi connectivity index (χ3n) is 6.35. The van der Waals surface area contributed by atoms with Crippen molar-refractivity contribution >= 4 is 17.5 Å². The zero-order valence-corrected chi connectivity index (χ0v) is 19.9. The summed E-state index contributed by atoms with van der Waals surface area (Å²) in [5.74, 6) is -2.59. The van der Waals surface area contributed by atoms with Crippen molar-refractivity contribution in [3.8, 4) is 0 Å². The topological polar surface area (TPSA) is 175 Å². The van der Waals surface area contributed by atoms with Gasteiger partial charge in [-0.25, -0.2) is 0 Å². The first-order valence-corrected chi connectivity index (χ1v) is 11.4. The Morgan fingerprint density at radius 1 is 1.09 bits per heavy atom. The molecular weight excluding hydrogens is 442 g/mol. The van der Waals surface area contributed by atoms with Gasteiger partial charge in [-0.2, -0.15) is 0 Å². The molecule has 1 saturated heterocycles. The Labute approximate surface area is 197 Å². The average Bonchev–Trinajstić information content (AvgIpc) is 3.55. The van der Waals surface area contributed by atoms with E-state index in [0.717, 1.165) is 0 Å². The summed E-state index contributed by atoms with van der Waals surface area (Å²) in [5, 5.41) is 41.1. The number of aromatic nitrogens is 2. The van der Waals surface area contributed by atoms with Crippen molar-refractivity contribution in [3.63, 3.8) is 0 Å². The first-order chi connectivity index (χ1) is 16.2. The molecule has 2 aromatic heterocycles. The van der Waals surface area contributed by atoms with Gasteiger partial charge in [0.1, 0.15) is 29.1 Å². The molecule has 5 N–H and O–H groups in total. The van der Waals surface area contributed by atoms with E-state index in [1.807, 2.05) is 0 Å². The number of hydrogen-bond donors (Lipinski definition) is 5. The van der Waals surface area contributed by atoms with Crippen molar-refractivity contribution in [1.82, 2.24) is 20.9 Å². The van der Waals surface area contributed by atoms with Crippen molar-refractivity contribution in [2.75, 3.05) is 19.8 Å². The maximum atomic E-state index is 13.3. The summed E-state index contributed by atoms with van der Waals surface area (Å²) in [6.45, 7) is 6.89. The molecule has 0 bridgehead atoms. The van der Waals surface area contributed by atoms with Gasteiger partial charge in [0.15, 0.2) is 0 Å². The number of aliphatic hydroxyl groups excluding tert-OH is 2. The van der Waals surface area contributed by atoms with Crippen LogP contribution in [0.4, 0.5) is 0 Å². The van der Waals surface area contributed by atoms with Crippen LogP contribution in [0.25, 0.3) is 0 Å². The van der Waals surface area contributed by atoms with E-state index in [1.165, 1.54) is 0 Å². The van der Waals surface area contributed by atoms with Crippen molar-refractivity contribution < 1.29 is 28.8 Å². The number of aliphatic hydroxyl groups is 2. The van der Waals surface area contributed by atoms with Gasteiger partial charge >= 0.3 is 0 Å². The predicted molar refractivity (Wildman–Crippen MR) is 121 cm³/mol. The Balaban J connectivity index is 1.67. The lowest BCUT2D eigenvalue weighted by Gasteiger charge is -2.22. The number of rotatable bonds is 10. The SMILES string of the molecule is Cc1cc(C(C(=O)NC(=N)[C@@H]2C[C@@H](C(=O)C(c3cc(C)no3)C(C)CO)CN2)C(C)CO)on1. The van der Waals surface area contributed by atoms with Gasteiger partial charge in [0.05, 0.1) is 23.3 Å². The van der Waals surface area contributed by atoms with E-state index in [2.05, 4.69) is 20.9 Å². The van der Waals surface area contributed by atoms with Crippen molar-refractivity contribution in [1.29, 1.82) is 5.41 Å². The molecule has 11 nitrogen and oxygen atoms in total. The normalized spacial score (nSPS) is 21.6. The lowest BCUT2D eigenvalue weighted by Crippen LogP contribution is -2.45. The van der Waals surface area contributed by atoms with Crippen LogP contribution in [0.5, 0.6) is 0 Å². The molecule has 3 heterocycles. The largest absolute Gasteiger partial charge is 0.396 e. The van der Waals surface area contributed by atoms with Gasteiger partial charge < -0.3 is 29.9 Å². The second kappa shape index (κ2) is 11.0. The highest BCUT2D eigenvalue weighted by Gasteiger charge is 2.40. The molecule has 4 unspecified atom stereocenters. The molecule has 0 aromatic carbocycles. The van der Waals surface area contributed by atoms with Crippen LogP contribution in [-0.4, -0.2) is 63.9 Å². The zero-order valence-electron chi connectivity index (χ0n) is 19.9. The molecule has 186 valence electrons. The van der Waals surface area contributed by atoms with E-state index in [9.17, 15) is 19.8 Å². The standard InChI is InChI=1S/C23H33N5O6/c1-11(9-29)19(17-5-13(3)27-33-17)21(31)15-7-16(25-8-15)22(24)26-23(32)20(12(2)10-30)18-6-14(4)28-34-18/h5-6,11-12,15-16,19-20,25,29-30H,7-10H2,1-4H3,(H2,24,26,32)/t11?,12?,15-,16+,19?,20?/m1/s1. The lowest BCUT2D eigenvalue weighted by atomic mass is 9.81. The number of aryl methyl sites for hydroxylation is 2. The summed E-state index contributed by atoms with van der Waals surface area (Å²) in [4.78, 5) is 26.3. The van der Waals surface area contributed by atoms with Crippen molar-refractivity contribution in [2.45, 2.75) is 52.0 Å². The van der Waals surface area contributed by atoms with Crippen LogP contribution in [0.15, 0.2) is 21.2 Å². The maximum Gasteiger partial charge on any atom is 0.236 e. The number of hydrogen-bond acceptors (Lipinski definition) is 10. The summed E-state index contributed by atoms with van der Waals surface area (Å²) in [6.07, 6.45) is 0.321. The summed E-state index contributed by atoms with van der Waals surface area (Å²) >= 11 is 0. The van der Waals surface area contributed by atoms with E-state index in [-0.39, 0.29) is 30.8 Å². The summed E-state index contributed by atoms with van der Waals surface area (Å²) in [5.41, 5.74) is 1.26. The summed E-state index contributed by atoms with van der Waals surface area (Å²) in [7, 11) is 0. The van der Waals surface area contributed by atoms with Crippen LogP contribution in [0, 0.1) is 37.0 Å². The Morgan fingerprint density at radius 2 is 1.62 bits per heavy atom. The monoisotopic (exact) mass is 475 g/mol. The number of amides is 1. The molecule has 1 aliphatic rings. The molecular formula is C23H33N5O6. The number of ketones is 1. The van der Waals surface area contributed by atoms with Crippen LogP contribution < -0.4 is 10.6 Å². The molecule has 2 aromatic rings. The van der Waals surface area contributed by atoms with Crippen LogP contribution in [0.2, 0.25) is 0 Å². The zero-order chi connectivity index (χ0) is 25.0. The smallest absolute Gasteiger partial charge is 0.236 e. The van der Waals surface area contributed by atoms with E-state index in [0.29, 0.717) is 35.9 Å². The fourth-order valence-electron chi connectivity index (χ4n) is 4.36. The van der Waals surface area contributed by atoms with Gasteiger partial charge in [-0.05, 0) is 32.1 Å². The Bertz CT molecular complexity index is 1020. The molecule has 1 fully saturated rings. The highest BCUT2D eigenvalue weighted by Crippen LogP contribution is 2.32. The van der Waals surface area contributed by atoms with Gasteiger partial charge in [0.2, 0.25) is 5.91 Å². The second-order valence-corrected chi connectivity index (χ2v) is 9.22. The quantitative estimate of drug-likeness (QED) is 0.248. The van der Waals surface area contributed by atoms with Gasteiger partial charge in [-0.3, -0.25) is 15.0 Å². The molecule has 0 spiro atoms. The number of nitrogens with zero attached hydrogens (tertiary/aromatic N) is 2. The Hall–Kier alpha value is -2.89. The first-order valence-electron chi connectivity index (χ1n) is 11.4. The van der Waals surface area contributed by atoms with Gasteiger partial charge in [0.25, 0.3) is 0 Å². The minimum atomic E-state index is -0.810. The molecule has 0 saturated carbocycles. The third-order valence-corrected chi connectivity index (χ3v) is 6.35. The van der Waals surface area contributed by atoms with Crippen LogP contribution in [0.3, 0.4) is 0 Å². The third kappa shape index (κ3) is 5.60. The first kappa shape index (κ1) is 25.7. The highest BCUT2D eigenvalue weighted by molar-refractivity contribution is 6.02. The minimum absolute atomic E-state index is 0.0612. The predicted octanol–water partition coefficient (Wildman–Crippen LogP) is 1.04. The number of nitrogens with one attached hydrogen (secondary N) is 3. The fraction of sp³-hybridized carbons (Fsp3) is 0.609. The molecule has 0 aliphatic carbocycles. The molecule has 34 heavy (non-hydrogen) atoms. The van der Waals surface area contributed by atoms with Gasteiger partial charge in [-0.1, -0.05) is 24.2 Å². The fourth-order valence-corrected chi connectivity index (χ4v) is 4.36. The number of carbonyl (C=O) groups excluding carboxylic acids is 2. The van der Waals surface area contributed by atoms with E-state index in [1.54, 1.807) is 39.8 Å². The lowest BCUT2D eigenvalue weighted by molar-refractivity contribution is -0.126. The average molecular weight is 476 g/mol. The highest BCUT2D eigenvalue weighted by atomic mass is 16.5. The van der Waals surface area contributed by atoms with Crippen molar-refractivity contribution in [2.24, 2.45) is 17.8 Å². The van der Waals surface area contributed by atoms with Crippen LogP contribution in [0.1, 0.15) is 55.0 Å². The molecule has 0 radical (unpaired) electrons. The van der Waals surface area contributed by atoms with E-state index < -0.39 is 35.6 Å². The van der Waals surface area contributed by atoms with Crippen LogP contribution >= 0.6 is 0 Å². The van der Waals surface area contributed by atoms with Gasteiger partial charge in [0, 0.05) is 37.8 Å². The minimum Gasteiger partial charge on any atom is -0.396 e. The summed E-state index contributed by atoms with van der Waals surface area (Å²) < 4.78 is 10.6. The molecule has 11 heteroatoms. The molecule has 1 amide bonds. The Morgan fingerprint density at radius 3 is 2.12 bits per heavy atom. The number of carbonyl (C=O) groups is 2. The number of amidine groups is 1. The molecule has 3 rings (SSSR count). The Kier molecular flexibility index (Phi) is 8.34. The van der Waals surface area contributed by atoms with Gasteiger partial charge in [-0.15, -0.1) is 0 Å². The number of Topliss-reactive ketones (excluding diaryl/α,β-unsaturated/α-hetero) is 1. The second-order valence-electron chi connectivity index (χ2n) is 9.22. The molecule has 6 atom stereocenters. The summed E-state index contributed by atoms with van der Waals surface area (Å²) in [6, 6.07) is 2.81.